The standard InChI is InChI=1S/C7H16BrNO2S/c1-3-7(8)5-6-9-12(10,11)4-2/h7,9H,3-6H2,1-2H3. The summed E-state index contributed by atoms with van der Waals surface area (Å²) >= 11 is 3.43. The van der Waals surface area contributed by atoms with Crippen molar-refractivity contribution in [2.45, 2.75) is 31.5 Å². The van der Waals surface area contributed by atoms with E-state index in [0.29, 0.717) is 11.4 Å². The van der Waals surface area contributed by atoms with Gasteiger partial charge < -0.3 is 0 Å². The van der Waals surface area contributed by atoms with E-state index in [2.05, 4.69) is 27.6 Å². The van der Waals surface area contributed by atoms with E-state index in [-0.39, 0.29) is 5.75 Å². The van der Waals surface area contributed by atoms with Crippen LogP contribution in [0.2, 0.25) is 0 Å². The Kier molecular flexibility index (Phi) is 6.13. The Hall–Kier alpha value is 0.390. The van der Waals surface area contributed by atoms with E-state index in [0.717, 1.165) is 12.8 Å². The fourth-order valence-corrected chi connectivity index (χ4v) is 1.54. The molecule has 3 nitrogen and oxygen atoms in total. The van der Waals surface area contributed by atoms with Crippen molar-refractivity contribution in [2.24, 2.45) is 0 Å². The van der Waals surface area contributed by atoms with Gasteiger partial charge in [0.15, 0.2) is 0 Å². The second-order valence-corrected chi connectivity index (χ2v) is 5.98. The average molecular weight is 258 g/mol. The van der Waals surface area contributed by atoms with Crippen molar-refractivity contribution in [2.75, 3.05) is 12.3 Å². The zero-order valence-corrected chi connectivity index (χ0v) is 9.91. The number of hydrogen-bond acceptors (Lipinski definition) is 2. The monoisotopic (exact) mass is 257 g/mol. The summed E-state index contributed by atoms with van der Waals surface area (Å²) in [5.74, 6) is 0.159. The van der Waals surface area contributed by atoms with Crippen LogP contribution in [0.1, 0.15) is 26.7 Å². The third-order valence-electron chi connectivity index (χ3n) is 1.60. The zero-order chi connectivity index (χ0) is 9.61. The minimum absolute atomic E-state index is 0.159. The van der Waals surface area contributed by atoms with Crippen LogP contribution in [-0.4, -0.2) is 25.5 Å². The minimum Gasteiger partial charge on any atom is -0.215 e. The number of alkyl halides is 1. The Balaban J connectivity index is 3.57. The van der Waals surface area contributed by atoms with Gasteiger partial charge in [-0.1, -0.05) is 22.9 Å². The molecule has 0 aromatic heterocycles. The van der Waals surface area contributed by atoms with Crippen LogP contribution in [0, 0.1) is 0 Å². The first-order valence-corrected chi connectivity index (χ1v) is 6.70. The van der Waals surface area contributed by atoms with E-state index >= 15 is 0 Å². The molecule has 0 bridgehead atoms. The van der Waals surface area contributed by atoms with Gasteiger partial charge >= 0.3 is 0 Å². The molecule has 0 aromatic carbocycles. The van der Waals surface area contributed by atoms with E-state index in [1.807, 2.05) is 0 Å². The Morgan fingerprint density at radius 2 is 2.00 bits per heavy atom. The maximum atomic E-state index is 10.9. The highest BCUT2D eigenvalue weighted by Gasteiger charge is 2.06. The van der Waals surface area contributed by atoms with Gasteiger partial charge in [0.2, 0.25) is 10.0 Å². The van der Waals surface area contributed by atoms with Crippen molar-refractivity contribution in [3.63, 3.8) is 0 Å². The SMILES string of the molecule is CCC(Br)CCNS(=O)(=O)CC. The average Bonchev–Trinajstić information content (AvgIpc) is 2.04. The molecule has 0 fully saturated rings. The van der Waals surface area contributed by atoms with Crippen LogP contribution >= 0.6 is 15.9 Å². The van der Waals surface area contributed by atoms with Crippen molar-refractivity contribution in [1.82, 2.24) is 4.72 Å². The number of nitrogens with one attached hydrogen (secondary N) is 1. The molecule has 5 heteroatoms. The van der Waals surface area contributed by atoms with Crippen molar-refractivity contribution in [3.8, 4) is 0 Å². The third kappa shape index (κ3) is 5.97. The van der Waals surface area contributed by atoms with Crippen LogP contribution in [0.3, 0.4) is 0 Å². The van der Waals surface area contributed by atoms with Gasteiger partial charge in [0.25, 0.3) is 0 Å². The number of rotatable bonds is 6. The molecule has 0 saturated carbocycles. The highest BCUT2D eigenvalue weighted by molar-refractivity contribution is 9.09. The van der Waals surface area contributed by atoms with Crippen molar-refractivity contribution < 1.29 is 8.42 Å². The van der Waals surface area contributed by atoms with Crippen molar-refractivity contribution in [1.29, 1.82) is 0 Å². The predicted octanol–water partition coefficient (Wildman–Crippen LogP) is 1.49. The summed E-state index contributed by atoms with van der Waals surface area (Å²) in [5.41, 5.74) is 0. The highest BCUT2D eigenvalue weighted by atomic mass is 79.9. The minimum atomic E-state index is -2.99. The highest BCUT2D eigenvalue weighted by Crippen LogP contribution is 2.07. The smallest absolute Gasteiger partial charge is 0.211 e. The van der Waals surface area contributed by atoms with Gasteiger partial charge in [-0.15, -0.1) is 0 Å². The van der Waals surface area contributed by atoms with E-state index < -0.39 is 10.0 Å². The molecular weight excluding hydrogens is 242 g/mol. The van der Waals surface area contributed by atoms with Gasteiger partial charge in [0, 0.05) is 11.4 Å². The Morgan fingerprint density at radius 1 is 1.42 bits per heavy atom. The molecule has 0 spiro atoms. The molecule has 0 rings (SSSR count). The van der Waals surface area contributed by atoms with Gasteiger partial charge in [0.1, 0.15) is 0 Å². The Labute approximate surface area is 83.1 Å². The molecular formula is C7H16BrNO2S. The van der Waals surface area contributed by atoms with Crippen LogP contribution in [0.25, 0.3) is 0 Å². The lowest BCUT2D eigenvalue weighted by Crippen LogP contribution is -2.27. The summed E-state index contributed by atoms with van der Waals surface area (Å²) in [6.07, 6.45) is 1.86. The summed E-state index contributed by atoms with van der Waals surface area (Å²) < 4.78 is 24.4. The number of halogens is 1. The first kappa shape index (κ1) is 12.4. The van der Waals surface area contributed by atoms with Crippen molar-refractivity contribution >= 4 is 26.0 Å². The van der Waals surface area contributed by atoms with Crippen LogP contribution in [0.4, 0.5) is 0 Å². The summed E-state index contributed by atoms with van der Waals surface area (Å²) in [7, 11) is -2.99. The summed E-state index contributed by atoms with van der Waals surface area (Å²) in [6, 6.07) is 0. The lowest BCUT2D eigenvalue weighted by atomic mass is 10.2. The molecule has 12 heavy (non-hydrogen) atoms. The van der Waals surface area contributed by atoms with Crippen LogP contribution in [0.15, 0.2) is 0 Å². The number of hydrogen-bond donors (Lipinski definition) is 1. The fraction of sp³-hybridized carbons (Fsp3) is 1.00. The first-order valence-electron chi connectivity index (χ1n) is 4.13. The Bertz CT molecular complexity index is 203. The maximum Gasteiger partial charge on any atom is 0.211 e. The molecule has 0 amide bonds. The quantitative estimate of drug-likeness (QED) is 0.734. The van der Waals surface area contributed by atoms with Gasteiger partial charge in [0.05, 0.1) is 5.75 Å². The normalized spacial score (nSPS) is 14.6. The van der Waals surface area contributed by atoms with Gasteiger partial charge in [-0.2, -0.15) is 0 Å². The van der Waals surface area contributed by atoms with Gasteiger partial charge in [-0.3, -0.25) is 0 Å². The third-order valence-corrected chi connectivity index (χ3v) is 4.11. The molecule has 1 N–H and O–H groups in total. The molecule has 0 saturated heterocycles. The van der Waals surface area contributed by atoms with Crippen LogP contribution in [-0.2, 0) is 10.0 Å². The van der Waals surface area contributed by atoms with Crippen LogP contribution in [0.5, 0.6) is 0 Å². The van der Waals surface area contributed by atoms with Crippen molar-refractivity contribution in [3.05, 3.63) is 0 Å². The second-order valence-electron chi connectivity index (χ2n) is 2.59. The lowest BCUT2D eigenvalue weighted by Gasteiger charge is -2.07. The molecule has 0 heterocycles. The fourth-order valence-electron chi connectivity index (χ4n) is 0.677. The lowest BCUT2D eigenvalue weighted by molar-refractivity contribution is 0.579. The summed E-state index contributed by atoms with van der Waals surface area (Å²) in [4.78, 5) is 0.414. The largest absolute Gasteiger partial charge is 0.215 e. The van der Waals surface area contributed by atoms with E-state index in [1.54, 1.807) is 6.92 Å². The first-order chi connectivity index (χ1) is 5.52. The molecule has 0 aliphatic heterocycles. The molecule has 0 aromatic rings. The molecule has 1 atom stereocenters. The molecule has 74 valence electrons. The van der Waals surface area contributed by atoms with E-state index in [4.69, 9.17) is 0 Å². The topological polar surface area (TPSA) is 46.2 Å². The van der Waals surface area contributed by atoms with Crippen LogP contribution < -0.4 is 4.72 Å². The van der Waals surface area contributed by atoms with Gasteiger partial charge in [-0.25, -0.2) is 13.1 Å². The molecule has 0 radical (unpaired) electrons. The number of sulfonamides is 1. The second kappa shape index (κ2) is 5.94. The van der Waals surface area contributed by atoms with Gasteiger partial charge in [-0.05, 0) is 19.8 Å². The van der Waals surface area contributed by atoms with E-state index in [9.17, 15) is 8.42 Å². The summed E-state index contributed by atoms with van der Waals surface area (Å²) in [5, 5.41) is 0. The molecule has 0 aliphatic rings. The van der Waals surface area contributed by atoms with E-state index in [1.165, 1.54) is 0 Å². The zero-order valence-electron chi connectivity index (χ0n) is 7.51. The Morgan fingerprint density at radius 3 is 2.42 bits per heavy atom. The maximum absolute atomic E-state index is 10.9. The molecule has 1 unspecified atom stereocenters. The summed E-state index contributed by atoms with van der Waals surface area (Å²) in [6.45, 7) is 4.22. The molecule has 0 aliphatic carbocycles. The predicted molar refractivity (Wildman–Crippen MR) is 55.1 cm³/mol.